The van der Waals surface area contributed by atoms with Gasteiger partial charge in [-0.05, 0) is 17.5 Å². The Hall–Kier alpha value is -0.985. The topological polar surface area (TPSA) is 24.7 Å². The zero-order chi connectivity index (χ0) is 11.4. The molecule has 0 N–H and O–H groups in total. The Kier molecular flexibility index (Phi) is 3.86. The van der Waals surface area contributed by atoms with Crippen LogP contribution in [0.3, 0.4) is 0 Å². The van der Waals surface area contributed by atoms with Gasteiger partial charge in [0.15, 0.2) is 0 Å². The summed E-state index contributed by atoms with van der Waals surface area (Å²) < 4.78 is 0. The van der Waals surface area contributed by atoms with E-state index in [1.165, 1.54) is 11.1 Å². The maximum atomic E-state index is 5.36. The molecule has 0 unspecified atom stereocenters. The molecule has 1 heterocycles. The number of fused-ring (bicyclic) bond motifs is 1. The van der Waals surface area contributed by atoms with E-state index in [-0.39, 0.29) is 0 Å². The van der Waals surface area contributed by atoms with Gasteiger partial charge in [0.1, 0.15) is 6.67 Å². The van der Waals surface area contributed by atoms with E-state index in [0.717, 1.165) is 29.9 Å². The standard InChI is InChI=1S/C11H13B3N2/c1-2-3-8-4-5-9(6-13-14-12)11-10(8)15-7-16-11/h4-5H,2-3,6-7H2,1H3. The van der Waals surface area contributed by atoms with Crippen molar-refractivity contribution >= 4 is 22.0 Å². The molecule has 0 bridgehead atoms. The third-order valence-electron chi connectivity index (χ3n) is 2.77. The van der Waals surface area contributed by atoms with Crippen LogP contribution in [0.25, 0.3) is 0 Å². The van der Waals surface area contributed by atoms with E-state index in [0.29, 0.717) is 6.67 Å². The highest BCUT2D eigenvalue weighted by atomic mass is 15.0. The molecule has 16 heavy (non-hydrogen) atoms. The van der Waals surface area contributed by atoms with Gasteiger partial charge in [-0.15, -0.1) is 0 Å². The minimum absolute atomic E-state index is 0.579. The molecule has 0 aromatic heterocycles. The molecule has 2 rings (SSSR count). The molecule has 1 aliphatic rings. The highest BCUT2D eigenvalue weighted by Crippen LogP contribution is 2.00. The number of rotatable bonds is 5. The summed E-state index contributed by atoms with van der Waals surface area (Å²) >= 11 is 0. The third-order valence-corrected chi connectivity index (χ3v) is 2.77. The zero-order valence-corrected chi connectivity index (χ0v) is 9.61. The summed E-state index contributed by atoms with van der Waals surface area (Å²) in [6.07, 6.45) is 3.06. The monoisotopic (exact) mass is 206 g/mol. The van der Waals surface area contributed by atoms with Crippen LogP contribution in [0.15, 0.2) is 22.1 Å². The van der Waals surface area contributed by atoms with Crippen molar-refractivity contribution in [2.75, 3.05) is 6.67 Å². The van der Waals surface area contributed by atoms with Crippen LogP contribution in [-0.2, 0) is 12.7 Å². The van der Waals surface area contributed by atoms with Crippen LogP contribution in [0.5, 0.6) is 0 Å². The average molecular weight is 206 g/mol. The summed E-state index contributed by atoms with van der Waals surface area (Å²) in [5, 5.41) is 2.17. The number of nitrogens with zero attached hydrogens (tertiary/aromatic N) is 2. The van der Waals surface area contributed by atoms with Crippen molar-refractivity contribution in [2.45, 2.75) is 26.1 Å². The largest absolute Gasteiger partial charge is 0.259 e. The third kappa shape index (κ3) is 2.23. The molecule has 1 aromatic rings. The first-order valence-electron chi connectivity index (χ1n) is 5.73. The van der Waals surface area contributed by atoms with Crippen molar-refractivity contribution in [3.05, 3.63) is 34.0 Å². The second-order valence-corrected chi connectivity index (χ2v) is 3.92. The lowest BCUT2D eigenvalue weighted by molar-refractivity contribution is 0.902. The maximum Gasteiger partial charge on any atom is 0.130 e. The van der Waals surface area contributed by atoms with Crippen molar-refractivity contribution in [3.8, 4) is 0 Å². The molecule has 4 radical (unpaired) electrons. The summed E-state index contributed by atoms with van der Waals surface area (Å²) in [4.78, 5) is 8.92. The molecule has 2 nitrogen and oxygen atoms in total. The Morgan fingerprint density at radius 2 is 1.94 bits per heavy atom. The zero-order valence-electron chi connectivity index (χ0n) is 9.61. The van der Waals surface area contributed by atoms with Crippen LogP contribution in [0.4, 0.5) is 0 Å². The molecule has 0 fully saturated rings. The van der Waals surface area contributed by atoms with E-state index in [9.17, 15) is 0 Å². The summed E-state index contributed by atoms with van der Waals surface area (Å²) in [6.45, 7) is 2.76. The molecule has 0 aliphatic carbocycles. The van der Waals surface area contributed by atoms with Crippen molar-refractivity contribution < 1.29 is 0 Å². The molecule has 76 valence electrons. The average Bonchev–Trinajstić information content (AvgIpc) is 2.78. The molecule has 1 aromatic carbocycles. The smallest absolute Gasteiger partial charge is 0.130 e. The van der Waals surface area contributed by atoms with Crippen LogP contribution >= 0.6 is 0 Å². The van der Waals surface area contributed by atoms with Gasteiger partial charge in [0.05, 0.1) is 17.9 Å². The molecule has 0 atom stereocenters. The Morgan fingerprint density at radius 3 is 2.62 bits per heavy atom. The summed E-state index contributed by atoms with van der Waals surface area (Å²) in [6, 6.07) is 4.32. The number of benzene rings is 1. The fourth-order valence-electron chi connectivity index (χ4n) is 2.02. The van der Waals surface area contributed by atoms with Crippen molar-refractivity contribution in [1.82, 2.24) is 0 Å². The van der Waals surface area contributed by atoms with Crippen molar-refractivity contribution in [2.24, 2.45) is 9.98 Å². The van der Waals surface area contributed by atoms with E-state index in [1.54, 1.807) is 7.06 Å². The lowest BCUT2D eigenvalue weighted by Crippen LogP contribution is -2.31. The first-order chi connectivity index (χ1) is 7.86. The predicted molar refractivity (Wildman–Crippen MR) is 68.6 cm³/mol. The lowest BCUT2D eigenvalue weighted by Gasteiger charge is -2.03. The first-order valence-corrected chi connectivity index (χ1v) is 5.73. The fourth-order valence-corrected chi connectivity index (χ4v) is 2.02. The first kappa shape index (κ1) is 11.5. The fraction of sp³-hybridized carbons (Fsp3) is 0.455. The summed E-state index contributed by atoms with van der Waals surface area (Å²) in [7, 11) is 8.89. The summed E-state index contributed by atoms with van der Waals surface area (Å²) in [5.74, 6) is 0. The SMILES string of the molecule is [B][B][B]Cc1ccc(CCC)c2c1=NCN=2. The molecule has 0 saturated carbocycles. The molecule has 0 saturated heterocycles. The summed E-state index contributed by atoms with van der Waals surface area (Å²) in [5.41, 5.74) is 2.54. The molecule has 1 aliphatic heterocycles. The van der Waals surface area contributed by atoms with Crippen LogP contribution in [0.2, 0.25) is 0 Å². The van der Waals surface area contributed by atoms with E-state index in [4.69, 9.17) is 7.74 Å². The Balaban J connectivity index is 2.39. The minimum atomic E-state index is 0.579. The van der Waals surface area contributed by atoms with Gasteiger partial charge in [-0.25, -0.2) is 0 Å². The van der Waals surface area contributed by atoms with Gasteiger partial charge < -0.3 is 0 Å². The Labute approximate surface area is 99.1 Å². The van der Waals surface area contributed by atoms with Crippen molar-refractivity contribution in [3.63, 3.8) is 0 Å². The Bertz CT molecular complexity index is 485. The number of hydrogen-bond donors (Lipinski definition) is 0. The van der Waals surface area contributed by atoms with Gasteiger partial charge >= 0.3 is 0 Å². The van der Waals surface area contributed by atoms with E-state index < -0.39 is 0 Å². The minimum Gasteiger partial charge on any atom is -0.259 e. The van der Waals surface area contributed by atoms with Gasteiger partial charge in [-0.2, -0.15) is 0 Å². The van der Waals surface area contributed by atoms with E-state index in [1.807, 2.05) is 7.17 Å². The highest BCUT2D eigenvalue weighted by Gasteiger charge is 2.07. The molecule has 0 spiro atoms. The van der Waals surface area contributed by atoms with E-state index >= 15 is 0 Å². The predicted octanol–water partition coefficient (Wildman–Crippen LogP) is -0.244. The normalized spacial score (nSPS) is 12.6. The Morgan fingerprint density at radius 1 is 1.25 bits per heavy atom. The van der Waals surface area contributed by atoms with Crippen molar-refractivity contribution in [1.29, 1.82) is 0 Å². The highest BCUT2D eigenvalue weighted by molar-refractivity contribution is 7.23. The van der Waals surface area contributed by atoms with Crippen LogP contribution < -0.4 is 10.7 Å². The molecule has 0 amide bonds. The van der Waals surface area contributed by atoms with Crippen LogP contribution in [0, 0.1) is 0 Å². The van der Waals surface area contributed by atoms with Gasteiger partial charge in [0.2, 0.25) is 0 Å². The molecular weight excluding hydrogens is 193 g/mol. The van der Waals surface area contributed by atoms with E-state index in [2.05, 4.69) is 29.0 Å². The van der Waals surface area contributed by atoms with Gasteiger partial charge in [0, 0.05) is 14.8 Å². The second-order valence-electron chi connectivity index (χ2n) is 3.92. The molecule has 5 heteroatoms. The van der Waals surface area contributed by atoms with Gasteiger partial charge in [-0.1, -0.05) is 31.8 Å². The van der Waals surface area contributed by atoms with Gasteiger partial charge in [-0.3, -0.25) is 9.98 Å². The molecular formula is C11H13B3N2. The number of hydrogen-bond acceptors (Lipinski definition) is 2. The second kappa shape index (κ2) is 5.38. The maximum absolute atomic E-state index is 5.36. The van der Waals surface area contributed by atoms with Crippen LogP contribution in [0.1, 0.15) is 24.5 Å². The lowest BCUT2D eigenvalue weighted by atomic mass is 9.27. The van der Waals surface area contributed by atoms with Gasteiger partial charge in [0.25, 0.3) is 0 Å². The van der Waals surface area contributed by atoms with Crippen LogP contribution in [-0.4, -0.2) is 28.6 Å². The number of aryl methyl sites for hydroxylation is 1. The quantitative estimate of drug-likeness (QED) is 0.593.